The van der Waals surface area contributed by atoms with Crippen LogP contribution in [0.5, 0.6) is 0 Å². The largest absolute Gasteiger partial charge is 0.338 e. The maximum Gasteiger partial charge on any atom is 0.258 e. The van der Waals surface area contributed by atoms with Gasteiger partial charge in [0.15, 0.2) is 5.82 Å². The zero-order valence-electron chi connectivity index (χ0n) is 14.6. The minimum atomic E-state index is -0.301. The Morgan fingerprint density at radius 2 is 2.04 bits per heavy atom. The number of anilines is 1. The van der Waals surface area contributed by atoms with Crippen LogP contribution in [0.2, 0.25) is 0 Å². The van der Waals surface area contributed by atoms with Gasteiger partial charge in [-0.2, -0.15) is 4.98 Å². The summed E-state index contributed by atoms with van der Waals surface area (Å²) in [6.07, 6.45) is 3.20. The number of carbonyl (C=O) groups is 2. The Morgan fingerprint density at radius 3 is 2.74 bits per heavy atom. The first-order chi connectivity index (χ1) is 13.2. The molecular formula is C19H18N6O2. The summed E-state index contributed by atoms with van der Waals surface area (Å²) in [6, 6.07) is 12.6. The minimum Gasteiger partial charge on any atom is -0.338 e. The molecule has 27 heavy (non-hydrogen) atoms. The molecule has 2 amide bonds. The van der Waals surface area contributed by atoms with E-state index in [2.05, 4.69) is 25.5 Å². The quantitative estimate of drug-likeness (QED) is 0.724. The van der Waals surface area contributed by atoms with E-state index in [4.69, 9.17) is 0 Å². The van der Waals surface area contributed by atoms with Crippen molar-refractivity contribution in [3.8, 4) is 11.5 Å². The molecule has 1 aromatic carbocycles. The number of carbonyl (C=O) groups excluding carboxylic acids is 2. The Balaban J connectivity index is 1.40. The van der Waals surface area contributed by atoms with Crippen molar-refractivity contribution in [2.24, 2.45) is 0 Å². The summed E-state index contributed by atoms with van der Waals surface area (Å²) in [5, 5.41) is 9.42. The van der Waals surface area contributed by atoms with Crippen molar-refractivity contribution in [1.29, 1.82) is 0 Å². The molecule has 8 nitrogen and oxygen atoms in total. The molecule has 0 spiro atoms. The third kappa shape index (κ3) is 3.84. The van der Waals surface area contributed by atoms with E-state index in [1.807, 2.05) is 29.2 Å². The first kappa shape index (κ1) is 16.9. The van der Waals surface area contributed by atoms with Crippen LogP contribution in [-0.2, 0) is 11.3 Å². The van der Waals surface area contributed by atoms with Crippen LogP contribution < -0.4 is 5.32 Å². The smallest absolute Gasteiger partial charge is 0.258 e. The Bertz CT molecular complexity index is 952. The average molecular weight is 362 g/mol. The van der Waals surface area contributed by atoms with Crippen LogP contribution in [0.1, 0.15) is 28.8 Å². The topological polar surface area (TPSA) is 104 Å². The van der Waals surface area contributed by atoms with Crippen molar-refractivity contribution in [3.05, 3.63) is 59.8 Å². The molecule has 2 aromatic heterocycles. The SMILES string of the molecule is O=C(Nc1n[nH]c(-c2ccccn2)n1)c1ccc(CN2CCCC2=O)cc1. The fourth-order valence-corrected chi connectivity index (χ4v) is 2.96. The summed E-state index contributed by atoms with van der Waals surface area (Å²) < 4.78 is 0. The highest BCUT2D eigenvalue weighted by molar-refractivity contribution is 6.03. The van der Waals surface area contributed by atoms with E-state index >= 15 is 0 Å². The van der Waals surface area contributed by atoms with Crippen LogP contribution >= 0.6 is 0 Å². The van der Waals surface area contributed by atoms with Gasteiger partial charge in [-0.1, -0.05) is 18.2 Å². The van der Waals surface area contributed by atoms with Gasteiger partial charge >= 0.3 is 0 Å². The molecule has 1 aliphatic heterocycles. The number of nitrogens with zero attached hydrogens (tertiary/aromatic N) is 4. The highest BCUT2D eigenvalue weighted by Crippen LogP contribution is 2.16. The van der Waals surface area contributed by atoms with Gasteiger partial charge < -0.3 is 4.90 Å². The van der Waals surface area contributed by atoms with Gasteiger partial charge in [-0.05, 0) is 36.2 Å². The highest BCUT2D eigenvalue weighted by Gasteiger charge is 2.20. The van der Waals surface area contributed by atoms with Crippen LogP contribution in [0.15, 0.2) is 48.7 Å². The van der Waals surface area contributed by atoms with Crippen molar-refractivity contribution in [1.82, 2.24) is 25.1 Å². The number of rotatable bonds is 5. The first-order valence-electron chi connectivity index (χ1n) is 8.71. The van der Waals surface area contributed by atoms with Crippen molar-refractivity contribution in [2.75, 3.05) is 11.9 Å². The van der Waals surface area contributed by atoms with E-state index in [0.717, 1.165) is 18.5 Å². The number of likely N-dealkylation sites (tertiary alicyclic amines) is 1. The van der Waals surface area contributed by atoms with Gasteiger partial charge in [0.1, 0.15) is 5.69 Å². The Kier molecular flexibility index (Phi) is 4.61. The molecule has 0 saturated carbocycles. The zero-order valence-corrected chi connectivity index (χ0v) is 14.6. The number of aromatic amines is 1. The van der Waals surface area contributed by atoms with Gasteiger partial charge in [0.05, 0.1) is 0 Å². The van der Waals surface area contributed by atoms with Crippen molar-refractivity contribution >= 4 is 17.8 Å². The number of amides is 2. The molecular weight excluding hydrogens is 344 g/mol. The van der Waals surface area contributed by atoms with Crippen LogP contribution in [-0.4, -0.2) is 43.4 Å². The van der Waals surface area contributed by atoms with E-state index in [1.165, 1.54) is 0 Å². The first-order valence-corrected chi connectivity index (χ1v) is 8.71. The van der Waals surface area contributed by atoms with Gasteiger partial charge in [0.2, 0.25) is 11.9 Å². The fourth-order valence-electron chi connectivity index (χ4n) is 2.96. The molecule has 136 valence electrons. The maximum atomic E-state index is 12.4. The van der Waals surface area contributed by atoms with Crippen molar-refractivity contribution < 1.29 is 9.59 Å². The monoisotopic (exact) mass is 362 g/mol. The molecule has 0 aliphatic carbocycles. The van der Waals surface area contributed by atoms with E-state index in [1.54, 1.807) is 24.4 Å². The molecule has 3 heterocycles. The maximum absolute atomic E-state index is 12.4. The summed E-state index contributed by atoms with van der Waals surface area (Å²) in [6.45, 7) is 1.37. The van der Waals surface area contributed by atoms with Crippen LogP contribution in [0.25, 0.3) is 11.5 Å². The Labute approximate surface area is 155 Å². The van der Waals surface area contributed by atoms with E-state index < -0.39 is 0 Å². The number of H-pyrrole nitrogens is 1. The third-order valence-electron chi connectivity index (χ3n) is 4.38. The second-order valence-electron chi connectivity index (χ2n) is 6.29. The number of benzene rings is 1. The van der Waals surface area contributed by atoms with Crippen molar-refractivity contribution in [2.45, 2.75) is 19.4 Å². The molecule has 0 atom stereocenters. The van der Waals surface area contributed by atoms with E-state index in [9.17, 15) is 9.59 Å². The molecule has 1 aliphatic rings. The summed E-state index contributed by atoms with van der Waals surface area (Å²) in [7, 11) is 0. The summed E-state index contributed by atoms with van der Waals surface area (Å²) in [4.78, 5) is 34.3. The predicted molar refractivity (Wildman–Crippen MR) is 98.7 cm³/mol. The second-order valence-corrected chi connectivity index (χ2v) is 6.29. The molecule has 3 aromatic rings. The van der Waals surface area contributed by atoms with Gasteiger partial charge in [0.25, 0.3) is 5.91 Å². The lowest BCUT2D eigenvalue weighted by molar-refractivity contribution is -0.128. The molecule has 0 bridgehead atoms. The second kappa shape index (κ2) is 7.36. The number of aromatic nitrogens is 4. The number of pyridine rings is 1. The number of hydrogen-bond acceptors (Lipinski definition) is 5. The normalized spacial score (nSPS) is 13.8. The zero-order chi connectivity index (χ0) is 18.6. The van der Waals surface area contributed by atoms with E-state index in [-0.39, 0.29) is 17.8 Å². The highest BCUT2D eigenvalue weighted by atomic mass is 16.2. The summed E-state index contributed by atoms with van der Waals surface area (Å²) in [5.41, 5.74) is 2.14. The lowest BCUT2D eigenvalue weighted by Gasteiger charge is -2.15. The Morgan fingerprint density at radius 1 is 1.19 bits per heavy atom. The number of hydrogen-bond donors (Lipinski definition) is 2. The fraction of sp³-hybridized carbons (Fsp3) is 0.211. The van der Waals surface area contributed by atoms with Crippen LogP contribution in [0, 0.1) is 0 Å². The molecule has 4 rings (SSSR count). The minimum absolute atomic E-state index is 0.185. The molecule has 2 N–H and O–H groups in total. The molecule has 1 fully saturated rings. The summed E-state index contributed by atoms with van der Waals surface area (Å²) >= 11 is 0. The Hall–Kier alpha value is -3.55. The summed E-state index contributed by atoms with van der Waals surface area (Å²) in [5.74, 6) is 0.555. The standard InChI is InChI=1S/C19H18N6O2/c26-16-5-3-11-25(16)12-13-6-8-14(9-7-13)18(27)22-19-21-17(23-24-19)15-4-1-2-10-20-15/h1-2,4,6-10H,3,5,11-12H2,(H2,21,22,23,24,27). The van der Waals surface area contributed by atoms with Crippen LogP contribution in [0.4, 0.5) is 5.95 Å². The third-order valence-corrected chi connectivity index (χ3v) is 4.38. The lowest BCUT2D eigenvalue weighted by Crippen LogP contribution is -2.23. The molecule has 8 heteroatoms. The molecule has 0 radical (unpaired) electrons. The predicted octanol–water partition coefficient (Wildman–Crippen LogP) is 2.24. The van der Waals surface area contributed by atoms with E-state index in [0.29, 0.717) is 30.0 Å². The van der Waals surface area contributed by atoms with Gasteiger partial charge in [-0.3, -0.25) is 25.0 Å². The van der Waals surface area contributed by atoms with Crippen LogP contribution in [0.3, 0.4) is 0 Å². The van der Waals surface area contributed by atoms with Crippen molar-refractivity contribution in [3.63, 3.8) is 0 Å². The molecule has 1 saturated heterocycles. The van der Waals surface area contributed by atoms with Gasteiger partial charge in [-0.15, -0.1) is 5.10 Å². The molecule has 0 unspecified atom stereocenters. The van der Waals surface area contributed by atoms with Gasteiger partial charge in [0, 0.05) is 31.3 Å². The average Bonchev–Trinajstić information content (AvgIpc) is 3.32. The van der Waals surface area contributed by atoms with Gasteiger partial charge in [-0.25, -0.2) is 0 Å². The lowest BCUT2D eigenvalue weighted by atomic mass is 10.1. The number of nitrogens with one attached hydrogen (secondary N) is 2.